The molecular weight excluding hydrogens is 214 g/mol. The van der Waals surface area contributed by atoms with Crippen molar-refractivity contribution >= 4 is 21.6 Å². The molecule has 1 aromatic carbocycles. The number of hydrogen-bond donors (Lipinski definition) is 1. The topological polar surface area (TPSA) is 26.0 Å². The largest absolute Gasteiger partial charge is 0.399 e. The lowest BCUT2D eigenvalue weighted by Gasteiger charge is -1.86. The van der Waals surface area contributed by atoms with E-state index < -0.39 is 0 Å². The molecule has 0 atom stereocenters. The maximum absolute atomic E-state index is 5.66. The van der Waals surface area contributed by atoms with E-state index in [1.807, 2.05) is 48.5 Å². The van der Waals surface area contributed by atoms with Crippen molar-refractivity contribution < 1.29 is 0 Å². The Morgan fingerprint density at radius 1 is 0.917 bits per heavy atom. The summed E-state index contributed by atoms with van der Waals surface area (Å²) in [5, 5.41) is 0. The van der Waals surface area contributed by atoms with E-state index in [1.54, 1.807) is 0 Å². The molecule has 0 aliphatic rings. The Morgan fingerprint density at radius 3 is 2.25 bits per heavy atom. The minimum absolute atomic E-state index is 0.734. The van der Waals surface area contributed by atoms with Crippen LogP contribution in [0.4, 0.5) is 5.69 Å². The van der Waals surface area contributed by atoms with E-state index in [9.17, 15) is 0 Å². The van der Waals surface area contributed by atoms with E-state index in [0.717, 1.165) is 10.2 Å². The zero-order valence-electron chi connectivity index (χ0n) is 6.57. The molecule has 0 aliphatic heterocycles. The van der Waals surface area contributed by atoms with Crippen LogP contribution in [0.5, 0.6) is 0 Å². The van der Waals surface area contributed by atoms with Crippen LogP contribution in [0.25, 0.3) is 0 Å². The molecule has 0 fully saturated rings. The van der Waals surface area contributed by atoms with Crippen molar-refractivity contribution in [3.8, 4) is 0 Å². The molecule has 0 saturated carbocycles. The van der Waals surface area contributed by atoms with Gasteiger partial charge in [-0.2, -0.15) is 0 Å². The molecule has 0 amide bonds. The van der Waals surface area contributed by atoms with Crippen molar-refractivity contribution in [2.24, 2.45) is 0 Å². The van der Waals surface area contributed by atoms with Crippen LogP contribution in [0.3, 0.4) is 0 Å². The second kappa shape index (κ2) is 4.78. The molecule has 0 heterocycles. The lowest BCUT2D eigenvalue weighted by atomic mass is 10.3. The Kier molecular flexibility index (Phi) is 3.61. The molecule has 2 heteroatoms. The van der Waals surface area contributed by atoms with Crippen LogP contribution in [0.1, 0.15) is 0 Å². The molecule has 1 nitrogen and oxygen atoms in total. The minimum atomic E-state index is 0.734. The van der Waals surface area contributed by atoms with Gasteiger partial charge in [0, 0.05) is 10.2 Å². The Hall–Kier alpha value is -1.02. The lowest BCUT2D eigenvalue weighted by molar-refractivity contribution is 1.66. The predicted octanol–water partition coefficient (Wildman–Crippen LogP) is 3.16. The summed E-state index contributed by atoms with van der Waals surface area (Å²) in [7, 11) is 0. The summed E-state index contributed by atoms with van der Waals surface area (Å²) in [4.78, 5) is 0. The average molecular weight is 224 g/mol. The summed E-state index contributed by atoms with van der Waals surface area (Å²) in [6, 6.07) is 15.4. The van der Waals surface area contributed by atoms with Crippen LogP contribution in [0.2, 0.25) is 0 Å². The first-order valence-corrected chi connectivity index (χ1v) is 4.43. The highest BCUT2D eigenvalue weighted by Crippen LogP contribution is 2.08. The summed E-state index contributed by atoms with van der Waals surface area (Å²) >= 11 is 3.37. The van der Waals surface area contributed by atoms with Gasteiger partial charge in [-0.3, -0.25) is 0 Å². The van der Waals surface area contributed by atoms with Gasteiger partial charge in [-0.15, -0.1) is 0 Å². The van der Waals surface area contributed by atoms with Crippen LogP contribution < -0.4 is 5.73 Å². The molecule has 0 aromatic heterocycles. The smallest absolute Gasteiger partial charge is 0.0325 e. The molecule has 0 saturated heterocycles. The fraction of sp³-hybridized carbons (Fsp3) is 0. The SMILES string of the molecule is Nc1cccccccc(Br)c1. The van der Waals surface area contributed by atoms with Crippen LogP contribution >= 0.6 is 15.9 Å². The molecule has 62 valence electrons. The first-order valence-electron chi connectivity index (χ1n) is 3.63. The summed E-state index contributed by atoms with van der Waals surface area (Å²) in [5.41, 5.74) is 6.39. The van der Waals surface area contributed by atoms with Crippen molar-refractivity contribution in [1.29, 1.82) is 0 Å². The molecule has 1 rings (SSSR count). The molecule has 12 heavy (non-hydrogen) atoms. The molecule has 0 aliphatic carbocycles. The van der Waals surface area contributed by atoms with Crippen LogP contribution in [-0.2, 0) is 0 Å². The summed E-state index contributed by atoms with van der Waals surface area (Å²) in [6.07, 6.45) is 0. The fourth-order valence-corrected chi connectivity index (χ4v) is 1.18. The molecule has 2 N–H and O–H groups in total. The lowest BCUT2D eigenvalue weighted by Crippen LogP contribution is -1.79. The highest BCUT2D eigenvalue weighted by molar-refractivity contribution is 9.10. The van der Waals surface area contributed by atoms with Gasteiger partial charge in [-0.25, -0.2) is 0 Å². The Morgan fingerprint density at radius 2 is 1.50 bits per heavy atom. The summed E-state index contributed by atoms with van der Waals surface area (Å²) in [5.74, 6) is 0. The summed E-state index contributed by atoms with van der Waals surface area (Å²) in [6.45, 7) is 0. The maximum Gasteiger partial charge on any atom is 0.0325 e. The Labute approximate surface area is 80.7 Å². The molecule has 0 radical (unpaired) electrons. The number of nitrogens with two attached hydrogens (primary N) is 1. The number of nitrogen functional groups attached to an aromatic ring is 1. The molecule has 0 unspecified atom stereocenters. The maximum atomic E-state index is 5.66. The second-order valence-corrected chi connectivity index (χ2v) is 3.24. The third-order valence-corrected chi connectivity index (χ3v) is 1.79. The standard InChI is InChI=1S/C10H10BrN/c11-9-6-4-2-1-3-5-7-10(12)8-9/h1-8H,12H2. The van der Waals surface area contributed by atoms with Gasteiger partial charge in [-0.1, -0.05) is 46.3 Å². The van der Waals surface area contributed by atoms with Gasteiger partial charge in [0.15, 0.2) is 0 Å². The number of rotatable bonds is 0. The van der Waals surface area contributed by atoms with Crippen molar-refractivity contribution in [2.45, 2.75) is 0 Å². The highest BCUT2D eigenvalue weighted by atomic mass is 79.9. The Bertz CT molecular complexity index is 281. The van der Waals surface area contributed by atoms with Gasteiger partial charge in [0.1, 0.15) is 0 Å². The van der Waals surface area contributed by atoms with Crippen LogP contribution in [-0.4, -0.2) is 0 Å². The number of anilines is 1. The molecule has 0 spiro atoms. The van der Waals surface area contributed by atoms with E-state index in [4.69, 9.17) is 5.73 Å². The third kappa shape index (κ3) is 3.39. The Balaban J connectivity index is 3.23. The zero-order chi connectivity index (χ0) is 8.81. The van der Waals surface area contributed by atoms with Gasteiger partial charge < -0.3 is 5.73 Å². The van der Waals surface area contributed by atoms with Crippen LogP contribution in [0.15, 0.2) is 53.0 Å². The van der Waals surface area contributed by atoms with Gasteiger partial charge in [0.2, 0.25) is 0 Å². The molecular formula is C10H10BrN. The van der Waals surface area contributed by atoms with Crippen LogP contribution in [0, 0.1) is 0 Å². The zero-order valence-corrected chi connectivity index (χ0v) is 8.16. The predicted molar refractivity (Wildman–Crippen MR) is 56.2 cm³/mol. The van der Waals surface area contributed by atoms with Gasteiger partial charge in [0.25, 0.3) is 0 Å². The molecule has 1 aromatic rings. The van der Waals surface area contributed by atoms with Crippen molar-refractivity contribution in [3.63, 3.8) is 0 Å². The van der Waals surface area contributed by atoms with Crippen molar-refractivity contribution in [1.82, 2.24) is 0 Å². The first-order chi connectivity index (χ1) is 5.79. The second-order valence-electron chi connectivity index (χ2n) is 2.32. The van der Waals surface area contributed by atoms with Crippen molar-refractivity contribution in [2.75, 3.05) is 5.73 Å². The number of hydrogen-bond acceptors (Lipinski definition) is 1. The first kappa shape index (κ1) is 9.07. The third-order valence-electron chi connectivity index (χ3n) is 1.29. The van der Waals surface area contributed by atoms with E-state index in [-0.39, 0.29) is 0 Å². The normalized spacial score (nSPS) is 8.75. The minimum Gasteiger partial charge on any atom is -0.399 e. The van der Waals surface area contributed by atoms with Gasteiger partial charge in [-0.05, 0) is 18.2 Å². The number of halogens is 1. The molecule has 0 bridgehead atoms. The van der Waals surface area contributed by atoms with E-state index in [0.29, 0.717) is 0 Å². The van der Waals surface area contributed by atoms with E-state index in [2.05, 4.69) is 15.9 Å². The monoisotopic (exact) mass is 223 g/mol. The van der Waals surface area contributed by atoms with Gasteiger partial charge >= 0.3 is 0 Å². The van der Waals surface area contributed by atoms with E-state index in [1.165, 1.54) is 0 Å². The van der Waals surface area contributed by atoms with Crippen molar-refractivity contribution in [3.05, 3.63) is 53.0 Å². The quantitative estimate of drug-likeness (QED) is 0.719. The van der Waals surface area contributed by atoms with Gasteiger partial charge in [0.05, 0.1) is 0 Å². The highest BCUT2D eigenvalue weighted by Gasteiger charge is 1.79. The summed E-state index contributed by atoms with van der Waals surface area (Å²) < 4.78 is 0.969. The fourth-order valence-electron chi connectivity index (χ4n) is 0.762. The van der Waals surface area contributed by atoms with E-state index >= 15 is 0 Å². The average Bonchev–Trinajstić information content (AvgIpc) is 2.02.